The summed E-state index contributed by atoms with van der Waals surface area (Å²) in [5, 5.41) is 11.8. The molecule has 0 bridgehead atoms. The lowest BCUT2D eigenvalue weighted by Gasteiger charge is -2.21. The van der Waals surface area contributed by atoms with Gasteiger partial charge in [-0.3, -0.25) is 4.79 Å². The van der Waals surface area contributed by atoms with Crippen LogP contribution in [0.4, 0.5) is 0 Å². The van der Waals surface area contributed by atoms with Gasteiger partial charge in [-0.1, -0.05) is 12.1 Å². The molecule has 0 saturated heterocycles. The number of amides is 1. The quantitative estimate of drug-likeness (QED) is 0.692. The van der Waals surface area contributed by atoms with Crippen LogP contribution in [0.3, 0.4) is 0 Å². The Morgan fingerprint density at radius 1 is 1.26 bits per heavy atom. The van der Waals surface area contributed by atoms with E-state index in [-0.39, 0.29) is 12.1 Å². The third kappa shape index (κ3) is 3.35. The fraction of sp³-hybridized carbons (Fsp3) is 0.176. The van der Waals surface area contributed by atoms with E-state index in [1.54, 1.807) is 12.1 Å². The predicted molar refractivity (Wildman–Crippen MR) is 81.6 cm³/mol. The molecule has 116 valence electrons. The van der Waals surface area contributed by atoms with E-state index in [2.05, 4.69) is 5.32 Å². The molecule has 0 fully saturated rings. The number of nitriles is 1. The van der Waals surface area contributed by atoms with Crippen LogP contribution in [-0.2, 0) is 11.3 Å². The van der Waals surface area contributed by atoms with E-state index < -0.39 is 5.91 Å². The van der Waals surface area contributed by atoms with Gasteiger partial charge in [0.2, 0.25) is 0 Å². The molecule has 0 radical (unpaired) electrons. The van der Waals surface area contributed by atoms with Gasteiger partial charge < -0.3 is 19.2 Å². The van der Waals surface area contributed by atoms with Gasteiger partial charge >= 0.3 is 0 Å². The average molecular weight is 310 g/mol. The Morgan fingerprint density at radius 3 is 2.91 bits per heavy atom. The highest BCUT2D eigenvalue weighted by Crippen LogP contribution is 2.33. The van der Waals surface area contributed by atoms with Crippen molar-refractivity contribution < 1.29 is 18.7 Å². The number of carbonyl (C=O) groups excluding carboxylic acids is 1. The maximum Gasteiger partial charge on any atom is 0.262 e. The van der Waals surface area contributed by atoms with Gasteiger partial charge in [0.05, 0.1) is 6.26 Å². The molecular formula is C17H14N2O4. The molecule has 6 heteroatoms. The molecule has 0 saturated carbocycles. The first-order valence-corrected chi connectivity index (χ1v) is 7.09. The van der Waals surface area contributed by atoms with Gasteiger partial charge in [0.25, 0.3) is 5.91 Å². The molecule has 0 unspecified atom stereocenters. The number of para-hydroxylation sites is 1. The maximum atomic E-state index is 12.1. The zero-order chi connectivity index (χ0) is 16.1. The number of fused-ring (bicyclic) bond motifs is 1. The van der Waals surface area contributed by atoms with Crippen LogP contribution in [0.25, 0.3) is 6.08 Å². The van der Waals surface area contributed by atoms with Gasteiger partial charge in [0, 0.05) is 18.2 Å². The van der Waals surface area contributed by atoms with Crippen LogP contribution in [0.2, 0.25) is 0 Å². The van der Waals surface area contributed by atoms with Crippen LogP contribution in [0.5, 0.6) is 11.5 Å². The summed E-state index contributed by atoms with van der Waals surface area (Å²) in [6.07, 6.45) is 2.88. The average Bonchev–Trinajstić information content (AvgIpc) is 3.10. The van der Waals surface area contributed by atoms with E-state index in [1.165, 1.54) is 12.3 Å². The van der Waals surface area contributed by atoms with Crippen molar-refractivity contribution in [2.45, 2.75) is 6.54 Å². The SMILES string of the molecule is N#C/C(=C/c1ccco1)C(=O)NCc1cccc2c1OCCO2. The Balaban J connectivity index is 1.71. The van der Waals surface area contributed by atoms with Crippen molar-refractivity contribution in [3.05, 3.63) is 53.5 Å². The lowest BCUT2D eigenvalue weighted by atomic mass is 10.1. The Morgan fingerprint density at radius 2 is 2.13 bits per heavy atom. The van der Waals surface area contributed by atoms with Crippen molar-refractivity contribution in [3.8, 4) is 17.6 Å². The van der Waals surface area contributed by atoms with Gasteiger partial charge in [-0.15, -0.1) is 0 Å². The standard InChI is InChI=1S/C17H14N2O4/c18-10-13(9-14-4-2-6-21-14)17(20)19-11-12-3-1-5-15-16(12)23-8-7-22-15/h1-6,9H,7-8,11H2,(H,19,20)/b13-9-. The summed E-state index contributed by atoms with van der Waals surface area (Å²) in [7, 11) is 0. The van der Waals surface area contributed by atoms with Crippen LogP contribution in [0.1, 0.15) is 11.3 Å². The van der Waals surface area contributed by atoms with E-state index in [1.807, 2.05) is 24.3 Å². The lowest BCUT2D eigenvalue weighted by Crippen LogP contribution is -2.25. The van der Waals surface area contributed by atoms with Crippen molar-refractivity contribution in [1.82, 2.24) is 5.32 Å². The van der Waals surface area contributed by atoms with Gasteiger partial charge in [0.1, 0.15) is 30.6 Å². The second-order valence-electron chi connectivity index (χ2n) is 4.81. The molecule has 1 N–H and O–H groups in total. The number of nitrogens with zero attached hydrogens (tertiary/aromatic N) is 1. The second-order valence-corrected chi connectivity index (χ2v) is 4.81. The first-order valence-electron chi connectivity index (χ1n) is 7.09. The number of nitrogens with one attached hydrogen (secondary N) is 1. The monoisotopic (exact) mass is 310 g/mol. The molecule has 3 rings (SSSR count). The lowest BCUT2D eigenvalue weighted by molar-refractivity contribution is -0.117. The molecule has 23 heavy (non-hydrogen) atoms. The van der Waals surface area contributed by atoms with Crippen molar-refractivity contribution in [2.24, 2.45) is 0 Å². The number of rotatable bonds is 4. The number of furan rings is 1. The number of carbonyl (C=O) groups is 1. The zero-order valence-electron chi connectivity index (χ0n) is 12.2. The van der Waals surface area contributed by atoms with Crippen LogP contribution in [0, 0.1) is 11.3 Å². The van der Waals surface area contributed by atoms with E-state index >= 15 is 0 Å². The zero-order valence-corrected chi connectivity index (χ0v) is 12.2. The Kier molecular flexibility index (Phi) is 4.29. The Labute approximate surface area is 132 Å². The number of benzene rings is 1. The molecule has 0 atom stereocenters. The summed E-state index contributed by atoms with van der Waals surface area (Å²) >= 11 is 0. The topological polar surface area (TPSA) is 84.5 Å². The third-order valence-electron chi connectivity index (χ3n) is 3.28. The first-order chi connectivity index (χ1) is 11.3. The smallest absolute Gasteiger partial charge is 0.262 e. The molecule has 0 spiro atoms. The summed E-state index contributed by atoms with van der Waals surface area (Å²) < 4.78 is 16.2. The van der Waals surface area contributed by atoms with Crippen LogP contribution >= 0.6 is 0 Å². The molecule has 6 nitrogen and oxygen atoms in total. The molecule has 1 aromatic heterocycles. The number of ether oxygens (including phenoxy) is 2. The molecule has 1 aliphatic rings. The second kappa shape index (κ2) is 6.71. The van der Waals surface area contributed by atoms with Crippen molar-refractivity contribution >= 4 is 12.0 Å². The van der Waals surface area contributed by atoms with Crippen LogP contribution in [0.15, 0.2) is 46.6 Å². The summed E-state index contributed by atoms with van der Waals surface area (Å²) in [6, 6.07) is 10.7. The van der Waals surface area contributed by atoms with E-state index in [0.717, 1.165) is 5.56 Å². The van der Waals surface area contributed by atoms with Gasteiger partial charge in [-0.25, -0.2) is 0 Å². The van der Waals surface area contributed by atoms with E-state index in [9.17, 15) is 4.79 Å². The minimum Gasteiger partial charge on any atom is -0.486 e. The van der Waals surface area contributed by atoms with Crippen LogP contribution < -0.4 is 14.8 Å². The van der Waals surface area contributed by atoms with Gasteiger partial charge in [-0.2, -0.15) is 5.26 Å². The Bertz CT molecular complexity index is 772. The maximum absolute atomic E-state index is 12.1. The molecule has 2 aromatic rings. The highest BCUT2D eigenvalue weighted by molar-refractivity contribution is 6.01. The highest BCUT2D eigenvalue weighted by Gasteiger charge is 2.17. The fourth-order valence-corrected chi connectivity index (χ4v) is 2.21. The molecule has 2 heterocycles. The number of hydrogen-bond acceptors (Lipinski definition) is 5. The molecule has 1 amide bonds. The highest BCUT2D eigenvalue weighted by atomic mass is 16.6. The summed E-state index contributed by atoms with van der Waals surface area (Å²) in [5.74, 6) is 1.27. The largest absolute Gasteiger partial charge is 0.486 e. The summed E-state index contributed by atoms with van der Waals surface area (Å²) in [4.78, 5) is 12.1. The minimum absolute atomic E-state index is 0.0260. The first kappa shape index (κ1) is 14.7. The predicted octanol–water partition coefficient (Wildman–Crippen LogP) is 2.27. The van der Waals surface area contributed by atoms with Gasteiger partial charge in [0.15, 0.2) is 11.5 Å². The molecule has 0 aliphatic carbocycles. The Hall–Kier alpha value is -3.20. The van der Waals surface area contributed by atoms with Crippen molar-refractivity contribution in [1.29, 1.82) is 5.26 Å². The normalized spacial score (nSPS) is 13.3. The summed E-state index contributed by atoms with van der Waals surface area (Å²) in [6.45, 7) is 1.22. The van der Waals surface area contributed by atoms with Crippen molar-refractivity contribution in [3.63, 3.8) is 0 Å². The van der Waals surface area contributed by atoms with Crippen LogP contribution in [-0.4, -0.2) is 19.1 Å². The molecule has 1 aromatic carbocycles. The van der Waals surface area contributed by atoms with E-state index in [4.69, 9.17) is 19.2 Å². The minimum atomic E-state index is -0.474. The number of hydrogen-bond donors (Lipinski definition) is 1. The molecular weight excluding hydrogens is 296 g/mol. The summed E-state index contributed by atoms with van der Waals surface area (Å²) in [5.41, 5.74) is 0.771. The third-order valence-corrected chi connectivity index (χ3v) is 3.28. The molecule has 1 aliphatic heterocycles. The fourth-order valence-electron chi connectivity index (χ4n) is 2.21. The van der Waals surface area contributed by atoms with Gasteiger partial charge in [-0.05, 0) is 18.2 Å². The van der Waals surface area contributed by atoms with Crippen molar-refractivity contribution in [2.75, 3.05) is 13.2 Å². The van der Waals surface area contributed by atoms with E-state index in [0.29, 0.717) is 30.5 Å².